The summed E-state index contributed by atoms with van der Waals surface area (Å²) < 4.78 is 10.7. The second kappa shape index (κ2) is 9.78. The van der Waals surface area contributed by atoms with E-state index in [2.05, 4.69) is 24.1 Å². The lowest BCUT2D eigenvalue weighted by Gasteiger charge is -2.10. The molecule has 6 heteroatoms. The van der Waals surface area contributed by atoms with Gasteiger partial charge in [-0.05, 0) is 42.2 Å². The smallest absolute Gasteiger partial charge is 0.338 e. The Morgan fingerprint density at radius 3 is 2.76 bits per heavy atom. The van der Waals surface area contributed by atoms with Crippen LogP contribution in [0.5, 0.6) is 5.75 Å². The van der Waals surface area contributed by atoms with Crippen LogP contribution in [0.15, 0.2) is 54.7 Å². The fraction of sp³-hybridized carbons (Fsp3) is 0.304. The molecule has 2 aromatic carbocycles. The number of carbonyl (C=O) groups excluding carboxylic acids is 2. The van der Waals surface area contributed by atoms with Gasteiger partial charge >= 0.3 is 5.97 Å². The molecule has 0 fully saturated rings. The number of para-hydroxylation sites is 1. The Kier molecular flexibility index (Phi) is 6.89. The molecule has 1 aromatic heterocycles. The van der Waals surface area contributed by atoms with Gasteiger partial charge in [0.25, 0.3) is 5.91 Å². The van der Waals surface area contributed by atoms with Crippen molar-refractivity contribution in [1.82, 2.24) is 10.3 Å². The summed E-state index contributed by atoms with van der Waals surface area (Å²) in [7, 11) is 0. The number of carbonyl (C=O) groups is 2. The minimum Gasteiger partial charge on any atom is -0.493 e. The van der Waals surface area contributed by atoms with Crippen LogP contribution in [-0.2, 0) is 16.0 Å². The Labute approximate surface area is 170 Å². The molecule has 2 N–H and O–H groups in total. The summed E-state index contributed by atoms with van der Waals surface area (Å²) in [6.45, 7) is 4.82. The van der Waals surface area contributed by atoms with Gasteiger partial charge in [0.2, 0.25) is 0 Å². The monoisotopic (exact) mass is 394 g/mol. The summed E-state index contributed by atoms with van der Waals surface area (Å²) in [4.78, 5) is 27.4. The quantitative estimate of drug-likeness (QED) is 0.542. The van der Waals surface area contributed by atoms with Gasteiger partial charge in [-0.2, -0.15) is 0 Å². The summed E-state index contributed by atoms with van der Waals surface area (Å²) in [6.07, 6.45) is 2.64. The number of amides is 1. The average Bonchev–Trinajstić information content (AvgIpc) is 3.14. The molecule has 0 saturated carbocycles. The second-order valence-corrected chi connectivity index (χ2v) is 7.27. The van der Waals surface area contributed by atoms with E-state index in [0.29, 0.717) is 36.8 Å². The SMILES string of the molecule is CC(C)COc1cccc(C(=O)OCC(=O)NCCc2c[nH]c3ccccc23)c1. The first-order valence-corrected chi connectivity index (χ1v) is 9.74. The van der Waals surface area contributed by atoms with Crippen LogP contribution in [0.3, 0.4) is 0 Å². The number of fused-ring (bicyclic) bond motifs is 1. The average molecular weight is 394 g/mol. The van der Waals surface area contributed by atoms with Crippen LogP contribution in [0, 0.1) is 5.92 Å². The molecule has 0 aliphatic heterocycles. The second-order valence-electron chi connectivity index (χ2n) is 7.27. The summed E-state index contributed by atoms with van der Waals surface area (Å²) in [6, 6.07) is 14.8. The lowest BCUT2D eigenvalue weighted by molar-refractivity contribution is -0.124. The van der Waals surface area contributed by atoms with E-state index < -0.39 is 5.97 Å². The van der Waals surface area contributed by atoms with Gasteiger partial charge in [-0.15, -0.1) is 0 Å². The molecule has 0 radical (unpaired) electrons. The topological polar surface area (TPSA) is 80.4 Å². The van der Waals surface area contributed by atoms with Gasteiger partial charge in [-0.25, -0.2) is 4.79 Å². The van der Waals surface area contributed by atoms with Crippen LogP contribution >= 0.6 is 0 Å². The minimum absolute atomic E-state index is 0.316. The van der Waals surface area contributed by atoms with Crippen molar-refractivity contribution in [2.24, 2.45) is 5.92 Å². The zero-order valence-corrected chi connectivity index (χ0v) is 16.7. The van der Waals surface area contributed by atoms with Crippen LogP contribution in [0.4, 0.5) is 0 Å². The largest absolute Gasteiger partial charge is 0.493 e. The Hall–Kier alpha value is -3.28. The van der Waals surface area contributed by atoms with E-state index >= 15 is 0 Å². The number of aromatic amines is 1. The van der Waals surface area contributed by atoms with Crippen molar-refractivity contribution < 1.29 is 19.1 Å². The highest BCUT2D eigenvalue weighted by atomic mass is 16.5. The number of rotatable bonds is 9. The highest BCUT2D eigenvalue weighted by molar-refractivity contribution is 5.91. The number of nitrogens with one attached hydrogen (secondary N) is 2. The Bertz CT molecular complexity index is 978. The highest BCUT2D eigenvalue weighted by Gasteiger charge is 2.11. The first kappa shape index (κ1) is 20.5. The van der Waals surface area contributed by atoms with Gasteiger partial charge in [0, 0.05) is 23.6 Å². The van der Waals surface area contributed by atoms with E-state index in [1.165, 1.54) is 0 Å². The number of H-pyrrole nitrogens is 1. The van der Waals surface area contributed by atoms with Gasteiger partial charge < -0.3 is 19.8 Å². The van der Waals surface area contributed by atoms with Gasteiger partial charge in [0.15, 0.2) is 6.61 Å². The number of hydrogen-bond acceptors (Lipinski definition) is 4. The Morgan fingerprint density at radius 2 is 1.93 bits per heavy atom. The number of ether oxygens (including phenoxy) is 2. The summed E-state index contributed by atoms with van der Waals surface area (Å²) in [5.74, 6) is 0.118. The van der Waals surface area contributed by atoms with Crippen molar-refractivity contribution in [3.05, 3.63) is 65.9 Å². The summed E-state index contributed by atoms with van der Waals surface area (Å²) >= 11 is 0. The number of esters is 1. The third kappa shape index (κ3) is 5.85. The molecule has 1 amide bonds. The molecule has 0 atom stereocenters. The van der Waals surface area contributed by atoms with E-state index in [9.17, 15) is 9.59 Å². The van der Waals surface area contributed by atoms with Crippen molar-refractivity contribution in [3.8, 4) is 5.75 Å². The van der Waals surface area contributed by atoms with Gasteiger partial charge in [0.05, 0.1) is 12.2 Å². The predicted octanol–water partition coefficient (Wildman–Crippen LogP) is 3.72. The van der Waals surface area contributed by atoms with Crippen LogP contribution in [-0.4, -0.2) is 36.6 Å². The fourth-order valence-electron chi connectivity index (χ4n) is 2.92. The summed E-state index contributed by atoms with van der Waals surface area (Å²) in [5, 5.41) is 3.93. The lowest BCUT2D eigenvalue weighted by atomic mass is 10.1. The van der Waals surface area contributed by atoms with Gasteiger partial charge in [-0.3, -0.25) is 4.79 Å². The molecule has 0 aliphatic carbocycles. The third-order valence-corrected chi connectivity index (χ3v) is 4.38. The van der Waals surface area contributed by atoms with Crippen LogP contribution < -0.4 is 10.1 Å². The van der Waals surface area contributed by atoms with Crippen molar-refractivity contribution in [2.45, 2.75) is 20.3 Å². The maximum Gasteiger partial charge on any atom is 0.338 e. The van der Waals surface area contributed by atoms with E-state index in [0.717, 1.165) is 16.5 Å². The molecule has 0 unspecified atom stereocenters. The Balaban J connectivity index is 1.43. The molecule has 0 saturated heterocycles. The number of aromatic nitrogens is 1. The molecular formula is C23H26N2O4. The van der Waals surface area contributed by atoms with Crippen LogP contribution in [0.2, 0.25) is 0 Å². The van der Waals surface area contributed by atoms with E-state index in [4.69, 9.17) is 9.47 Å². The predicted molar refractivity (Wildman–Crippen MR) is 112 cm³/mol. The Morgan fingerprint density at radius 1 is 1.10 bits per heavy atom. The van der Waals surface area contributed by atoms with Gasteiger partial charge in [0.1, 0.15) is 5.75 Å². The highest BCUT2D eigenvalue weighted by Crippen LogP contribution is 2.18. The van der Waals surface area contributed by atoms with Crippen LogP contribution in [0.1, 0.15) is 29.8 Å². The van der Waals surface area contributed by atoms with Crippen LogP contribution in [0.25, 0.3) is 10.9 Å². The first-order chi connectivity index (χ1) is 14.0. The maximum absolute atomic E-state index is 12.2. The molecule has 0 aliphatic rings. The van der Waals surface area contributed by atoms with E-state index in [-0.39, 0.29) is 12.5 Å². The molecule has 3 rings (SSSR count). The van der Waals surface area contributed by atoms with Crippen molar-refractivity contribution in [1.29, 1.82) is 0 Å². The maximum atomic E-state index is 12.2. The number of hydrogen-bond donors (Lipinski definition) is 2. The van der Waals surface area contributed by atoms with Gasteiger partial charge in [-0.1, -0.05) is 38.1 Å². The summed E-state index contributed by atoms with van der Waals surface area (Å²) in [5.41, 5.74) is 2.57. The molecule has 0 spiro atoms. The molecule has 3 aromatic rings. The van der Waals surface area contributed by atoms with E-state index in [1.54, 1.807) is 24.3 Å². The minimum atomic E-state index is -0.549. The fourth-order valence-corrected chi connectivity index (χ4v) is 2.92. The lowest BCUT2D eigenvalue weighted by Crippen LogP contribution is -2.30. The van der Waals surface area contributed by atoms with Crippen molar-refractivity contribution in [3.63, 3.8) is 0 Å². The number of benzene rings is 2. The molecule has 152 valence electrons. The molecule has 0 bridgehead atoms. The standard InChI is InChI=1S/C23H26N2O4/c1-16(2)14-28-19-7-5-6-17(12-19)23(27)29-15-22(26)24-11-10-18-13-25-21-9-4-3-8-20(18)21/h3-9,12-13,16,25H,10-11,14-15H2,1-2H3,(H,24,26). The normalized spacial score (nSPS) is 10.9. The van der Waals surface area contributed by atoms with E-state index in [1.807, 2.05) is 30.5 Å². The zero-order valence-electron chi connectivity index (χ0n) is 16.7. The van der Waals surface area contributed by atoms with Crippen molar-refractivity contribution in [2.75, 3.05) is 19.8 Å². The zero-order chi connectivity index (χ0) is 20.6. The molecule has 1 heterocycles. The first-order valence-electron chi connectivity index (χ1n) is 9.74. The molecule has 6 nitrogen and oxygen atoms in total. The molecule has 29 heavy (non-hydrogen) atoms. The van der Waals surface area contributed by atoms with Crippen molar-refractivity contribution >= 4 is 22.8 Å². The third-order valence-electron chi connectivity index (χ3n) is 4.38. The molecular weight excluding hydrogens is 368 g/mol.